The highest BCUT2D eigenvalue weighted by Crippen LogP contribution is 2.21. The molecule has 2 heterocycles. The van der Waals surface area contributed by atoms with Gasteiger partial charge in [-0.05, 0) is 34.8 Å². The van der Waals surface area contributed by atoms with Crippen LogP contribution < -0.4 is 10.5 Å². The molecule has 1 unspecified atom stereocenters. The van der Waals surface area contributed by atoms with Crippen molar-refractivity contribution in [1.82, 2.24) is 14.8 Å². The molecule has 1 atom stereocenters. The van der Waals surface area contributed by atoms with Crippen LogP contribution in [0.15, 0.2) is 22.8 Å². The monoisotopic (exact) mass is 338 g/mol. The molecule has 0 aromatic carbocycles. The molecule has 5 nitrogen and oxygen atoms in total. The van der Waals surface area contributed by atoms with Crippen LogP contribution in [0, 0.1) is 6.92 Å². The summed E-state index contributed by atoms with van der Waals surface area (Å²) < 4.78 is 7.97. The Morgan fingerprint density at radius 1 is 1.40 bits per heavy atom. The van der Waals surface area contributed by atoms with Crippen molar-refractivity contribution in [1.29, 1.82) is 0 Å². The topological polar surface area (TPSA) is 66.0 Å². The Morgan fingerprint density at radius 3 is 2.65 bits per heavy atom. The molecule has 0 saturated carbocycles. The molecule has 0 saturated heterocycles. The zero-order valence-corrected chi connectivity index (χ0v) is 13.5. The van der Waals surface area contributed by atoms with E-state index >= 15 is 0 Å². The lowest BCUT2D eigenvalue weighted by Crippen LogP contribution is -2.26. The van der Waals surface area contributed by atoms with Crippen LogP contribution in [0.2, 0.25) is 0 Å². The van der Waals surface area contributed by atoms with E-state index in [1.165, 1.54) is 0 Å². The number of hydrogen-bond acceptors (Lipinski definition) is 4. The minimum absolute atomic E-state index is 0.0243. The Labute approximate surface area is 127 Å². The van der Waals surface area contributed by atoms with Gasteiger partial charge in [0.15, 0.2) is 0 Å². The molecular formula is C14H19BrN4O. The highest BCUT2D eigenvalue weighted by Gasteiger charge is 2.14. The normalized spacial score (nSPS) is 12.4. The fourth-order valence-electron chi connectivity index (χ4n) is 2.18. The number of halogens is 1. The summed E-state index contributed by atoms with van der Waals surface area (Å²) in [5.74, 6) is 0.618. The summed E-state index contributed by atoms with van der Waals surface area (Å²) in [6, 6.07) is 3.87. The van der Waals surface area contributed by atoms with Crippen LogP contribution >= 0.6 is 15.9 Å². The largest absolute Gasteiger partial charge is 0.481 e. The summed E-state index contributed by atoms with van der Waals surface area (Å²) in [6.07, 6.45) is 3.35. The van der Waals surface area contributed by atoms with E-state index in [9.17, 15) is 0 Å². The van der Waals surface area contributed by atoms with Crippen LogP contribution in [0.3, 0.4) is 0 Å². The maximum absolute atomic E-state index is 6.23. The molecule has 108 valence electrons. The summed E-state index contributed by atoms with van der Waals surface area (Å²) in [5, 5.41) is 4.38. The third-order valence-electron chi connectivity index (χ3n) is 3.22. The molecule has 2 aromatic rings. The standard InChI is InChI=1S/C14H19BrN4O/c1-9-14(15)12(19(2)18-9)7-11(16)6-10-4-5-13(20-3)17-8-10/h4-5,8,11H,6-7,16H2,1-3H3. The summed E-state index contributed by atoms with van der Waals surface area (Å²) in [4.78, 5) is 4.19. The maximum atomic E-state index is 6.23. The van der Waals surface area contributed by atoms with Gasteiger partial charge in [-0.2, -0.15) is 5.10 Å². The molecule has 0 aliphatic carbocycles. The zero-order chi connectivity index (χ0) is 14.7. The number of hydrogen-bond donors (Lipinski definition) is 1. The first-order valence-corrected chi connectivity index (χ1v) is 7.23. The van der Waals surface area contributed by atoms with Crippen molar-refractivity contribution in [3.63, 3.8) is 0 Å². The molecule has 0 fully saturated rings. The summed E-state index contributed by atoms with van der Waals surface area (Å²) >= 11 is 3.57. The molecule has 2 rings (SSSR count). The second-order valence-corrected chi connectivity index (χ2v) is 5.64. The summed E-state index contributed by atoms with van der Waals surface area (Å²) in [7, 11) is 3.55. The Bertz CT molecular complexity index is 580. The highest BCUT2D eigenvalue weighted by atomic mass is 79.9. The lowest BCUT2D eigenvalue weighted by molar-refractivity contribution is 0.397. The molecule has 0 amide bonds. The van der Waals surface area contributed by atoms with Gasteiger partial charge in [0.1, 0.15) is 0 Å². The van der Waals surface area contributed by atoms with E-state index in [1.54, 1.807) is 7.11 Å². The van der Waals surface area contributed by atoms with Gasteiger partial charge in [0, 0.05) is 31.8 Å². The fraction of sp³-hybridized carbons (Fsp3) is 0.429. The molecule has 6 heteroatoms. The lowest BCUT2D eigenvalue weighted by Gasteiger charge is -2.12. The van der Waals surface area contributed by atoms with Gasteiger partial charge in [0.25, 0.3) is 0 Å². The third-order valence-corrected chi connectivity index (χ3v) is 4.25. The summed E-state index contributed by atoms with van der Waals surface area (Å²) in [5.41, 5.74) is 9.45. The van der Waals surface area contributed by atoms with Gasteiger partial charge in [-0.15, -0.1) is 0 Å². The number of rotatable bonds is 5. The number of nitrogens with zero attached hydrogens (tertiary/aromatic N) is 3. The Hall–Kier alpha value is -1.40. The van der Waals surface area contributed by atoms with Crippen LogP contribution in [0.25, 0.3) is 0 Å². The van der Waals surface area contributed by atoms with E-state index in [0.717, 1.165) is 34.3 Å². The molecule has 0 aliphatic heterocycles. The number of aromatic nitrogens is 3. The lowest BCUT2D eigenvalue weighted by atomic mass is 10.0. The van der Waals surface area contributed by atoms with Crippen molar-refractivity contribution >= 4 is 15.9 Å². The highest BCUT2D eigenvalue weighted by molar-refractivity contribution is 9.10. The molecule has 0 bridgehead atoms. The predicted molar refractivity (Wildman–Crippen MR) is 81.8 cm³/mol. The van der Waals surface area contributed by atoms with E-state index in [1.807, 2.05) is 37.0 Å². The molecule has 20 heavy (non-hydrogen) atoms. The van der Waals surface area contributed by atoms with E-state index in [0.29, 0.717) is 5.88 Å². The Kier molecular flexibility index (Phi) is 4.77. The van der Waals surface area contributed by atoms with Crippen LogP contribution in [-0.4, -0.2) is 27.9 Å². The van der Waals surface area contributed by atoms with Crippen LogP contribution in [0.4, 0.5) is 0 Å². The van der Waals surface area contributed by atoms with Crippen LogP contribution in [0.1, 0.15) is 17.0 Å². The molecule has 2 N–H and O–H groups in total. The Morgan fingerprint density at radius 2 is 2.15 bits per heavy atom. The SMILES string of the molecule is COc1ccc(CC(N)Cc2c(Br)c(C)nn2C)cn1. The van der Waals surface area contributed by atoms with Crippen molar-refractivity contribution in [2.24, 2.45) is 12.8 Å². The van der Waals surface area contributed by atoms with Gasteiger partial charge in [-0.25, -0.2) is 4.98 Å². The first-order valence-electron chi connectivity index (χ1n) is 6.43. The first-order chi connectivity index (χ1) is 9.51. The summed E-state index contributed by atoms with van der Waals surface area (Å²) in [6.45, 7) is 1.98. The van der Waals surface area contributed by atoms with E-state index < -0.39 is 0 Å². The smallest absolute Gasteiger partial charge is 0.212 e. The second-order valence-electron chi connectivity index (χ2n) is 4.85. The van der Waals surface area contributed by atoms with Gasteiger partial charge in [-0.3, -0.25) is 4.68 Å². The first kappa shape index (κ1) is 15.0. The van der Waals surface area contributed by atoms with Crippen molar-refractivity contribution < 1.29 is 4.74 Å². The van der Waals surface area contributed by atoms with Crippen LogP contribution in [-0.2, 0) is 19.9 Å². The minimum atomic E-state index is 0.0243. The molecule has 0 aliphatic rings. The molecule has 0 radical (unpaired) electrons. The molecule has 2 aromatic heterocycles. The minimum Gasteiger partial charge on any atom is -0.481 e. The van der Waals surface area contributed by atoms with Gasteiger partial charge in [0.2, 0.25) is 5.88 Å². The number of aryl methyl sites for hydroxylation is 2. The predicted octanol–water partition coefficient (Wildman–Crippen LogP) is 2.01. The average Bonchev–Trinajstić information content (AvgIpc) is 2.66. The van der Waals surface area contributed by atoms with Crippen molar-refractivity contribution in [2.75, 3.05) is 7.11 Å². The van der Waals surface area contributed by atoms with E-state index in [-0.39, 0.29) is 6.04 Å². The van der Waals surface area contributed by atoms with Crippen LogP contribution in [0.5, 0.6) is 5.88 Å². The fourth-order valence-corrected chi connectivity index (χ4v) is 2.68. The second kappa shape index (κ2) is 6.37. The number of nitrogens with two attached hydrogens (primary N) is 1. The van der Waals surface area contributed by atoms with Crippen molar-refractivity contribution in [3.05, 3.63) is 39.8 Å². The third kappa shape index (κ3) is 3.37. The van der Waals surface area contributed by atoms with Crippen molar-refractivity contribution in [3.8, 4) is 5.88 Å². The average molecular weight is 339 g/mol. The Balaban J connectivity index is 2.02. The van der Waals surface area contributed by atoms with E-state index in [4.69, 9.17) is 10.5 Å². The number of pyridine rings is 1. The maximum Gasteiger partial charge on any atom is 0.212 e. The molecule has 0 spiro atoms. The number of methoxy groups -OCH3 is 1. The quantitative estimate of drug-likeness (QED) is 0.905. The van der Waals surface area contributed by atoms with Gasteiger partial charge >= 0.3 is 0 Å². The number of ether oxygens (including phenoxy) is 1. The zero-order valence-electron chi connectivity index (χ0n) is 11.9. The van der Waals surface area contributed by atoms with Gasteiger partial charge in [-0.1, -0.05) is 6.07 Å². The van der Waals surface area contributed by atoms with Crippen molar-refractivity contribution in [2.45, 2.75) is 25.8 Å². The molecular weight excluding hydrogens is 320 g/mol. The van der Waals surface area contributed by atoms with Gasteiger partial charge < -0.3 is 10.5 Å². The van der Waals surface area contributed by atoms with Gasteiger partial charge in [0.05, 0.1) is 23.0 Å². The van der Waals surface area contributed by atoms with E-state index in [2.05, 4.69) is 26.0 Å².